The first kappa shape index (κ1) is 28.6. The van der Waals surface area contributed by atoms with Gasteiger partial charge in [-0.05, 0) is 65.9 Å². The Morgan fingerprint density at radius 1 is 0.787 bits per heavy atom. The number of carbonyl (C=O) groups excluding carboxylic acids is 2. The van der Waals surface area contributed by atoms with E-state index in [9.17, 15) is 0 Å². The summed E-state index contributed by atoms with van der Waals surface area (Å²) >= 11 is 6.30. The lowest BCUT2D eigenvalue weighted by molar-refractivity contribution is -0.167. The maximum absolute atomic E-state index is 16.3. The molecule has 6 heteroatoms. The Bertz CT molecular complexity index is 2110. The summed E-state index contributed by atoms with van der Waals surface area (Å²) in [5, 5.41) is 7.36. The first-order valence-corrected chi connectivity index (χ1v) is 16.8. The second-order valence-corrected chi connectivity index (χ2v) is 14.0. The molecule has 5 aromatic rings. The minimum Gasteiger partial charge on any atom is -0.380 e. The molecule has 2 fully saturated rings. The molecule has 2 aliphatic carbocycles. The fourth-order valence-electron chi connectivity index (χ4n) is 9.85. The molecule has 2 aliphatic heterocycles. The molecule has 1 saturated heterocycles. The van der Waals surface area contributed by atoms with Crippen LogP contribution in [-0.2, 0) is 15.2 Å². The number of Topliss-reactive ketones (excluding diaryl/α,β-unsaturated/α-hetero) is 2. The van der Waals surface area contributed by atoms with Crippen molar-refractivity contribution in [1.82, 2.24) is 4.90 Å². The number of carbonyl (C=O) groups is 2. The van der Waals surface area contributed by atoms with Crippen LogP contribution in [0.1, 0.15) is 63.7 Å². The molecule has 0 bridgehead atoms. The topological polar surface area (TPSA) is 59.0 Å². The van der Waals surface area contributed by atoms with E-state index >= 15 is 9.59 Å². The Hall–Kier alpha value is -4.58. The normalized spacial score (nSPS) is 29.7. The average molecular weight is 637 g/mol. The van der Waals surface area contributed by atoms with E-state index < -0.39 is 22.5 Å². The number of hydrogen-bond acceptors (Lipinski definition) is 5. The summed E-state index contributed by atoms with van der Waals surface area (Å²) < 4.78 is 0. The Labute approximate surface area is 278 Å². The van der Waals surface area contributed by atoms with Crippen LogP contribution in [0.15, 0.2) is 126 Å². The van der Waals surface area contributed by atoms with Crippen molar-refractivity contribution in [3.05, 3.63) is 154 Å². The fraction of sp³-hybridized carbons (Fsp3) is 0.244. The number of halogens is 1. The van der Waals surface area contributed by atoms with Crippen LogP contribution in [0.3, 0.4) is 0 Å². The molecule has 0 N–H and O–H groups in total. The molecule has 0 radical (unpaired) electrons. The zero-order chi connectivity index (χ0) is 32.0. The molecule has 4 aliphatic rings. The standard InChI is InChI=1S/C41H33ClN2O3/c1-44-25-33(26-11-4-2-5-12-26)39(41(44)32-18-9-16-27-15-8-17-31(34(27)32)37(41)45)23-10-24-40(38(39)46)35(28-13-6-3-7-14-28)36(43-47-40)29-19-21-30(42)22-20-29/h2-9,11-22,33,35H,10,23-25H2,1H3/t33-,35+,39+,40?,41+/m1/s1. The van der Waals surface area contributed by atoms with Gasteiger partial charge in [0.25, 0.3) is 0 Å². The van der Waals surface area contributed by atoms with E-state index in [2.05, 4.69) is 47.4 Å². The number of benzene rings is 5. The zero-order valence-electron chi connectivity index (χ0n) is 26.0. The van der Waals surface area contributed by atoms with Crippen molar-refractivity contribution in [2.75, 3.05) is 13.6 Å². The van der Waals surface area contributed by atoms with Gasteiger partial charge in [-0.2, -0.15) is 0 Å². The van der Waals surface area contributed by atoms with Crippen molar-refractivity contribution >= 4 is 39.7 Å². The van der Waals surface area contributed by atoms with Gasteiger partial charge >= 0.3 is 0 Å². The van der Waals surface area contributed by atoms with Gasteiger partial charge in [0.2, 0.25) is 5.60 Å². The van der Waals surface area contributed by atoms with Crippen LogP contribution in [0.2, 0.25) is 5.02 Å². The number of rotatable bonds is 3. The minimum atomic E-state index is -1.30. The number of ketones is 2. The largest absolute Gasteiger partial charge is 0.380 e. The van der Waals surface area contributed by atoms with Gasteiger partial charge in [-0.1, -0.05) is 126 Å². The van der Waals surface area contributed by atoms with Gasteiger partial charge in [0.15, 0.2) is 11.6 Å². The van der Waals surface area contributed by atoms with Gasteiger partial charge in [-0.15, -0.1) is 0 Å². The smallest absolute Gasteiger partial charge is 0.208 e. The summed E-state index contributed by atoms with van der Waals surface area (Å²) in [6.45, 7) is 0.558. The maximum Gasteiger partial charge on any atom is 0.208 e. The van der Waals surface area contributed by atoms with Gasteiger partial charge in [-0.25, -0.2) is 0 Å². The van der Waals surface area contributed by atoms with E-state index in [0.717, 1.165) is 33.0 Å². The molecule has 0 aromatic heterocycles. The lowest BCUT2D eigenvalue weighted by atomic mass is 9.49. The van der Waals surface area contributed by atoms with Crippen molar-refractivity contribution in [2.45, 2.75) is 42.2 Å². The number of likely N-dealkylation sites (N-methyl/N-ethyl adjacent to an activating group) is 1. The Kier molecular flexibility index (Phi) is 6.22. The van der Waals surface area contributed by atoms with Crippen molar-refractivity contribution in [1.29, 1.82) is 0 Å². The first-order valence-electron chi connectivity index (χ1n) is 16.4. The quantitative estimate of drug-likeness (QED) is 0.200. The van der Waals surface area contributed by atoms with E-state index in [1.54, 1.807) is 0 Å². The molecule has 47 heavy (non-hydrogen) atoms. The summed E-state index contributed by atoms with van der Waals surface area (Å²) in [6.07, 6.45) is 1.77. The summed E-state index contributed by atoms with van der Waals surface area (Å²) in [7, 11) is 2.03. The fourth-order valence-corrected chi connectivity index (χ4v) is 9.98. The highest BCUT2D eigenvalue weighted by Crippen LogP contribution is 2.69. The third-order valence-corrected chi connectivity index (χ3v) is 11.8. The third-order valence-electron chi connectivity index (χ3n) is 11.6. The van der Waals surface area contributed by atoms with Crippen LogP contribution < -0.4 is 0 Å². The highest BCUT2D eigenvalue weighted by molar-refractivity contribution is 6.30. The van der Waals surface area contributed by atoms with Gasteiger partial charge < -0.3 is 4.84 Å². The first-order chi connectivity index (χ1) is 22.9. The van der Waals surface area contributed by atoms with Crippen molar-refractivity contribution in [3.8, 4) is 0 Å². The van der Waals surface area contributed by atoms with Crippen LogP contribution >= 0.6 is 11.6 Å². The Morgan fingerprint density at radius 2 is 1.47 bits per heavy atom. The number of hydrogen-bond donors (Lipinski definition) is 0. The number of fused-ring (bicyclic) bond motifs is 2. The Balaban J connectivity index is 1.31. The number of nitrogens with zero attached hydrogens (tertiary/aromatic N) is 2. The second-order valence-electron chi connectivity index (χ2n) is 13.6. The van der Waals surface area contributed by atoms with Gasteiger partial charge in [0.1, 0.15) is 5.54 Å². The van der Waals surface area contributed by atoms with Gasteiger partial charge in [-0.3, -0.25) is 14.5 Å². The van der Waals surface area contributed by atoms with E-state index in [-0.39, 0.29) is 17.5 Å². The maximum atomic E-state index is 16.3. The molecule has 0 amide bonds. The second kappa shape index (κ2) is 10.2. The van der Waals surface area contributed by atoms with Crippen molar-refractivity contribution < 1.29 is 14.4 Å². The third kappa shape index (κ3) is 3.56. The average Bonchev–Trinajstić information content (AvgIpc) is 3.70. The van der Waals surface area contributed by atoms with Gasteiger partial charge in [0, 0.05) is 28.6 Å². The van der Waals surface area contributed by atoms with E-state index in [0.29, 0.717) is 42.1 Å². The van der Waals surface area contributed by atoms with Crippen LogP contribution in [0.4, 0.5) is 0 Å². The summed E-state index contributed by atoms with van der Waals surface area (Å²) in [6, 6.07) is 40.1. The molecular weight excluding hydrogens is 604 g/mol. The molecule has 5 nitrogen and oxygen atoms in total. The monoisotopic (exact) mass is 636 g/mol. The summed E-state index contributed by atoms with van der Waals surface area (Å²) in [4.78, 5) is 40.4. The molecule has 1 unspecified atom stereocenters. The molecular formula is C41H33ClN2O3. The molecule has 5 aromatic carbocycles. The van der Waals surface area contributed by atoms with E-state index in [4.69, 9.17) is 21.6 Å². The van der Waals surface area contributed by atoms with Crippen LogP contribution in [0, 0.1) is 5.41 Å². The zero-order valence-corrected chi connectivity index (χ0v) is 26.8. The molecule has 1 saturated carbocycles. The SMILES string of the molecule is CN1C[C@H](c2ccccc2)[C@]2(CCCC3(ON=C(c4ccc(Cl)cc4)[C@@H]3c3ccccc3)C2=O)[C@]12C(=O)c1cccc3cccc2c13. The predicted octanol–water partition coefficient (Wildman–Crippen LogP) is 8.31. The Morgan fingerprint density at radius 3 is 2.19 bits per heavy atom. The van der Waals surface area contributed by atoms with Gasteiger partial charge in [0.05, 0.1) is 17.0 Å². The van der Waals surface area contributed by atoms with Crippen molar-refractivity contribution in [3.63, 3.8) is 0 Å². The lowest BCUT2D eigenvalue weighted by Crippen LogP contribution is -2.66. The summed E-state index contributed by atoms with van der Waals surface area (Å²) in [5.74, 6) is -0.743. The molecule has 2 heterocycles. The minimum absolute atomic E-state index is 0.00346. The summed E-state index contributed by atoms with van der Waals surface area (Å²) in [5.41, 5.74) is 1.58. The highest BCUT2D eigenvalue weighted by Gasteiger charge is 2.78. The molecule has 9 rings (SSSR count). The highest BCUT2D eigenvalue weighted by atomic mass is 35.5. The van der Waals surface area contributed by atoms with Crippen LogP contribution in [-0.4, -0.2) is 41.4 Å². The van der Waals surface area contributed by atoms with E-state index in [1.165, 1.54) is 0 Å². The molecule has 5 atom stereocenters. The predicted molar refractivity (Wildman–Crippen MR) is 184 cm³/mol. The van der Waals surface area contributed by atoms with Crippen LogP contribution in [0.25, 0.3) is 10.8 Å². The lowest BCUT2D eigenvalue weighted by Gasteiger charge is -2.53. The van der Waals surface area contributed by atoms with E-state index in [1.807, 2.05) is 85.9 Å². The molecule has 232 valence electrons. The number of likely N-dealkylation sites (tertiary alicyclic amines) is 1. The number of oxime groups is 1. The van der Waals surface area contributed by atoms with Crippen molar-refractivity contribution in [2.24, 2.45) is 10.6 Å². The van der Waals surface area contributed by atoms with Crippen LogP contribution in [0.5, 0.6) is 0 Å². The molecule has 3 spiro atoms.